The van der Waals surface area contributed by atoms with Crippen LogP contribution in [0.4, 0.5) is 5.69 Å². The van der Waals surface area contributed by atoms with Crippen molar-refractivity contribution in [2.75, 3.05) is 11.6 Å². The monoisotopic (exact) mass is 273 g/mol. The third kappa shape index (κ3) is 3.24. The molecule has 0 saturated carbocycles. The number of nitrogens with one attached hydrogen (secondary N) is 1. The van der Waals surface area contributed by atoms with Crippen LogP contribution < -0.4 is 5.32 Å². The van der Waals surface area contributed by atoms with Gasteiger partial charge in [0.2, 0.25) is 0 Å². The summed E-state index contributed by atoms with van der Waals surface area (Å²) in [5.74, 6) is 0.349. The van der Waals surface area contributed by atoms with Crippen LogP contribution in [0.1, 0.15) is 24.1 Å². The van der Waals surface area contributed by atoms with E-state index >= 15 is 0 Å². The molecule has 0 fully saturated rings. The first-order chi connectivity index (χ1) is 9.11. The van der Waals surface area contributed by atoms with Gasteiger partial charge in [0.25, 0.3) is 0 Å². The van der Waals surface area contributed by atoms with Crippen molar-refractivity contribution < 1.29 is 5.11 Å². The summed E-state index contributed by atoms with van der Waals surface area (Å²) in [5.41, 5.74) is 3.09. The van der Waals surface area contributed by atoms with Gasteiger partial charge >= 0.3 is 0 Å². The number of benzene rings is 2. The number of anilines is 1. The molecule has 0 aromatic heterocycles. The molecule has 0 saturated heterocycles. The average Bonchev–Trinajstić information content (AvgIpc) is 2.39. The van der Waals surface area contributed by atoms with Crippen LogP contribution in [0.2, 0.25) is 0 Å². The lowest BCUT2D eigenvalue weighted by Crippen LogP contribution is -2.07. The van der Waals surface area contributed by atoms with Gasteiger partial charge in [-0.15, -0.1) is 11.8 Å². The fraction of sp³-hybridized carbons (Fsp3) is 0.250. The van der Waals surface area contributed by atoms with Gasteiger partial charge in [0.15, 0.2) is 0 Å². The first-order valence-corrected chi connectivity index (χ1v) is 7.53. The van der Waals surface area contributed by atoms with Gasteiger partial charge in [-0.05, 0) is 43.9 Å². The average molecular weight is 273 g/mol. The number of aromatic hydroxyl groups is 1. The second-order valence-corrected chi connectivity index (χ2v) is 5.48. The van der Waals surface area contributed by atoms with Gasteiger partial charge in [0.05, 0.1) is 6.04 Å². The van der Waals surface area contributed by atoms with Crippen molar-refractivity contribution in [3.05, 3.63) is 53.6 Å². The molecular formula is C16H19NOS. The number of phenols is 1. The minimum Gasteiger partial charge on any atom is -0.508 e. The second-order valence-electron chi connectivity index (χ2n) is 4.63. The van der Waals surface area contributed by atoms with Crippen molar-refractivity contribution >= 4 is 17.4 Å². The summed E-state index contributed by atoms with van der Waals surface area (Å²) in [6.07, 6.45) is 2.06. The molecule has 0 aliphatic heterocycles. The Morgan fingerprint density at radius 3 is 2.58 bits per heavy atom. The van der Waals surface area contributed by atoms with E-state index in [4.69, 9.17) is 0 Å². The topological polar surface area (TPSA) is 32.3 Å². The molecule has 0 aliphatic carbocycles. The molecule has 0 heterocycles. The van der Waals surface area contributed by atoms with Crippen LogP contribution in [0.3, 0.4) is 0 Å². The lowest BCUT2D eigenvalue weighted by atomic mass is 10.0. The van der Waals surface area contributed by atoms with E-state index < -0.39 is 0 Å². The highest BCUT2D eigenvalue weighted by Crippen LogP contribution is 2.31. The number of thioether (sulfide) groups is 1. The van der Waals surface area contributed by atoms with Gasteiger partial charge in [-0.1, -0.05) is 24.3 Å². The molecule has 1 unspecified atom stereocenters. The first-order valence-electron chi connectivity index (χ1n) is 6.31. The van der Waals surface area contributed by atoms with E-state index in [1.165, 1.54) is 4.90 Å². The molecule has 0 radical (unpaired) electrons. The molecule has 100 valence electrons. The maximum absolute atomic E-state index is 10.0. The van der Waals surface area contributed by atoms with Gasteiger partial charge in [0.1, 0.15) is 5.75 Å². The summed E-state index contributed by atoms with van der Waals surface area (Å²) < 4.78 is 0. The molecule has 3 heteroatoms. The van der Waals surface area contributed by atoms with Crippen LogP contribution in [0.5, 0.6) is 5.75 Å². The van der Waals surface area contributed by atoms with Gasteiger partial charge in [-0.25, -0.2) is 0 Å². The maximum Gasteiger partial charge on any atom is 0.121 e. The van der Waals surface area contributed by atoms with Gasteiger partial charge in [-0.3, -0.25) is 0 Å². The van der Waals surface area contributed by atoms with Gasteiger partial charge in [0, 0.05) is 16.1 Å². The second kappa shape index (κ2) is 6.02. The Kier molecular flexibility index (Phi) is 4.38. The van der Waals surface area contributed by atoms with Crippen molar-refractivity contribution in [1.82, 2.24) is 0 Å². The number of hydrogen-bond donors (Lipinski definition) is 2. The summed E-state index contributed by atoms with van der Waals surface area (Å²) in [6, 6.07) is 14.1. The number of hydrogen-bond acceptors (Lipinski definition) is 3. The predicted molar refractivity (Wildman–Crippen MR) is 83.1 cm³/mol. The Balaban J connectivity index is 2.23. The van der Waals surface area contributed by atoms with Crippen molar-refractivity contribution in [2.45, 2.75) is 24.8 Å². The highest BCUT2D eigenvalue weighted by molar-refractivity contribution is 7.98. The van der Waals surface area contributed by atoms with E-state index in [1.807, 2.05) is 31.2 Å². The van der Waals surface area contributed by atoms with Crippen LogP contribution >= 0.6 is 11.8 Å². The molecule has 0 aliphatic rings. The minimum absolute atomic E-state index is 0.0638. The summed E-state index contributed by atoms with van der Waals surface area (Å²) in [7, 11) is 0. The number of aryl methyl sites for hydroxylation is 1. The van der Waals surface area contributed by atoms with Gasteiger partial charge in [-0.2, -0.15) is 0 Å². The number of para-hydroxylation sites is 1. The molecule has 2 nitrogen and oxygen atoms in total. The lowest BCUT2D eigenvalue weighted by molar-refractivity contribution is 0.465. The van der Waals surface area contributed by atoms with Crippen LogP contribution in [-0.4, -0.2) is 11.4 Å². The summed E-state index contributed by atoms with van der Waals surface area (Å²) >= 11 is 1.71. The van der Waals surface area contributed by atoms with E-state index in [0.29, 0.717) is 5.75 Å². The molecule has 2 aromatic carbocycles. The molecule has 0 amide bonds. The van der Waals surface area contributed by atoms with Crippen LogP contribution in [0, 0.1) is 6.92 Å². The Bertz CT molecular complexity index is 568. The maximum atomic E-state index is 10.0. The largest absolute Gasteiger partial charge is 0.508 e. The quantitative estimate of drug-likeness (QED) is 0.799. The normalized spacial score (nSPS) is 12.2. The zero-order valence-corrected chi connectivity index (χ0v) is 12.3. The molecule has 0 bridgehead atoms. The molecule has 2 rings (SSSR count). The van der Waals surface area contributed by atoms with Crippen molar-refractivity contribution in [1.29, 1.82) is 0 Å². The smallest absolute Gasteiger partial charge is 0.121 e. The fourth-order valence-corrected chi connectivity index (χ4v) is 2.66. The van der Waals surface area contributed by atoms with Crippen LogP contribution in [0.15, 0.2) is 47.4 Å². The van der Waals surface area contributed by atoms with Crippen LogP contribution in [0.25, 0.3) is 0 Å². The zero-order chi connectivity index (χ0) is 13.8. The van der Waals surface area contributed by atoms with Crippen molar-refractivity contribution in [3.63, 3.8) is 0 Å². The summed E-state index contributed by atoms with van der Waals surface area (Å²) in [4.78, 5) is 1.21. The molecule has 1 atom stereocenters. The first kappa shape index (κ1) is 13.8. The Hall–Kier alpha value is -1.61. The third-order valence-corrected chi connectivity index (χ3v) is 3.93. The van der Waals surface area contributed by atoms with Gasteiger partial charge < -0.3 is 10.4 Å². The lowest BCUT2D eigenvalue weighted by Gasteiger charge is -2.19. The Morgan fingerprint density at radius 2 is 1.89 bits per heavy atom. The third-order valence-electron chi connectivity index (χ3n) is 3.13. The summed E-state index contributed by atoms with van der Waals surface area (Å²) in [5, 5.41) is 13.5. The SMILES string of the molecule is CSc1ccccc1NC(C)c1ccc(C)cc1O. The fourth-order valence-electron chi connectivity index (χ4n) is 2.09. The molecule has 2 N–H and O–H groups in total. The van der Waals surface area contributed by atoms with E-state index in [9.17, 15) is 5.11 Å². The van der Waals surface area contributed by atoms with Crippen LogP contribution in [-0.2, 0) is 0 Å². The van der Waals surface area contributed by atoms with E-state index in [0.717, 1.165) is 16.8 Å². The Labute approximate surface area is 118 Å². The molecule has 19 heavy (non-hydrogen) atoms. The number of rotatable bonds is 4. The minimum atomic E-state index is 0.0638. The highest BCUT2D eigenvalue weighted by atomic mass is 32.2. The predicted octanol–water partition coefficient (Wildman–Crippen LogP) is 4.60. The zero-order valence-electron chi connectivity index (χ0n) is 11.5. The molecule has 2 aromatic rings. The Morgan fingerprint density at radius 1 is 1.16 bits per heavy atom. The van der Waals surface area contributed by atoms with E-state index in [2.05, 4.69) is 30.6 Å². The highest BCUT2D eigenvalue weighted by Gasteiger charge is 2.11. The summed E-state index contributed by atoms with van der Waals surface area (Å²) in [6.45, 7) is 4.03. The van der Waals surface area contributed by atoms with Crippen molar-refractivity contribution in [3.8, 4) is 5.75 Å². The molecule has 0 spiro atoms. The molecular weight excluding hydrogens is 254 g/mol. The number of phenolic OH excluding ortho intramolecular Hbond substituents is 1. The van der Waals surface area contributed by atoms with E-state index in [-0.39, 0.29) is 6.04 Å². The standard InChI is InChI=1S/C16H19NOS/c1-11-8-9-13(15(18)10-11)12(2)17-14-6-4-5-7-16(14)19-3/h4-10,12,17-18H,1-3H3. The van der Waals surface area contributed by atoms with Crippen molar-refractivity contribution in [2.24, 2.45) is 0 Å². The van der Waals surface area contributed by atoms with E-state index in [1.54, 1.807) is 17.8 Å².